The molecule has 0 aromatic carbocycles. The van der Waals surface area contributed by atoms with Crippen molar-refractivity contribution in [3.05, 3.63) is 0 Å². The van der Waals surface area contributed by atoms with E-state index < -0.39 is 17.9 Å². The van der Waals surface area contributed by atoms with Gasteiger partial charge in [0.15, 0.2) is 0 Å². The average Bonchev–Trinajstić information content (AvgIpc) is 2.21. The smallest absolute Gasteiger partial charge is 0.253 e. The van der Waals surface area contributed by atoms with E-state index >= 15 is 0 Å². The first kappa shape index (κ1) is 14.4. The van der Waals surface area contributed by atoms with Crippen LogP contribution in [0.15, 0.2) is 0 Å². The maximum Gasteiger partial charge on any atom is 0.253 e. The summed E-state index contributed by atoms with van der Waals surface area (Å²) >= 11 is 0. The summed E-state index contributed by atoms with van der Waals surface area (Å²) in [4.78, 5) is 33.3. The van der Waals surface area contributed by atoms with Gasteiger partial charge in [0, 0.05) is 6.92 Å². The Morgan fingerprint density at radius 3 is 2.19 bits per heavy atom. The third kappa shape index (κ3) is 5.30. The van der Waals surface area contributed by atoms with Crippen molar-refractivity contribution in [3.8, 4) is 0 Å². The Morgan fingerprint density at radius 1 is 1.25 bits per heavy atom. The van der Waals surface area contributed by atoms with Crippen LogP contribution in [0.25, 0.3) is 0 Å². The van der Waals surface area contributed by atoms with Crippen molar-refractivity contribution in [2.24, 2.45) is 11.8 Å². The minimum absolute atomic E-state index is 0.0650. The van der Waals surface area contributed by atoms with Crippen LogP contribution >= 0.6 is 0 Å². The van der Waals surface area contributed by atoms with Crippen molar-refractivity contribution in [1.82, 2.24) is 16.1 Å². The van der Waals surface area contributed by atoms with E-state index in [1.54, 1.807) is 13.8 Å². The van der Waals surface area contributed by atoms with E-state index in [4.69, 9.17) is 5.84 Å². The summed E-state index contributed by atoms with van der Waals surface area (Å²) < 4.78 is 0. The van der Waals surface area contributed by atoms with E-state index in [1.165, 1.54) is 6.92 Å². The van der Waals surface area contributed by atoms with Gasteiger partial charge < -0.3 is 10.6 Å². The van der Waals surface area contributed by atoms with E-state index in [0.29, 0.717) is 0 Å². The molecule has 0 radical (unpaired) electrons. The van der Waals surface area contributed by atoms with Crippen molar-refractivity contribution in [2.45, 2.75) is 26.8 Å². The molecule has 0 bridgehead atoms. The van der Waals surface area contributed by atoms with Crippen LogP contribution in [0, 0.1) is 5.92 Å². The molecule has 0 heterocycles. The highest BCUT2D eigenvalue weighted by Crippen LogP contribution is 2.01. The van der Waals surface area contributed by atoms with E-state index in [-0.39, 0.29) is 18.4 Å². The molecule has 0 saturated carbocycles. The molecule has 3 amide bonds. The third-order valence-corrected chi connectivity index (χ3v) is 1.89. The lowest BCUT2D eigenvalue weighted by atomic mass is 10.0. The number of carbonyl (C=O) groups excluding carboxylic acids is 3. The highest BCUT2D eigenvalue weighted by atomic mass is 16.2. The van der Waals surface area contributed by atoms with Crippen LogP contribution in [0.5, 0.6) is 0 Å². The average molecular weight is 230 g/mol. The molecular formula is C9H18N4O3. The van der Waals surface area contributed by atoms with Gasteiger partial charge in [-0.15, -0.1) is 0 Å². The lowest BCUT2D eigenvalue weighted by molar-refractivity contribution is -0.130. The highest BCUT2D eigenvalue weighted by molar-refractivity contribution is 5.90. The van der Waals surface area contributed by atoms with Crippen molar-refractivity contribution in [1.29, 1.82) is 0 Å². The van der Waals surface area contributed by atoms with Gasteiger partial charge in [-0.3, -0.25) is 19.8 Å². The summed E-state index contributed by atoms with van der Waals surface area (Å²) in [6.45, 7) is 4.71. The Kier molecular flexibility index (Phi) is 6.09. The number of amides is 3. The monoisotopic (exact) mass is 230 g/mol. The number of carbonyl (C=O) groups is 3. The molecule has 0 spiro atoms. The Bertz CT molecular complexity index is 278. The Morgan fingerprint density at radius 2 is 1.81 bits per heavy atom. The molecule has 0 aromatic rings. The SMILES string of the molecule is CC(=O)NC(C(=O)NCC(=O)NN)C(C)C. The first-order valence-corrected chi connectivity index (χ1v) is 4.92. The molecule has 7 heteroatoms. The van der Waals surface area contributed by atoms with Crippen LogP contribution in [0.2, 0.25) is 0 Å². The van der Waals surface area contributed by atoms with Crippen LogP contribution in [-0.4, -0.2) is 30.3 Å². The zero-order valence-corrected chi connectivity index (χ0v) is 9.66. The fourth-order valence-corrected chi connectivity index (χ4v) is 1.08. The summed E-state index contributed by atoms with van der Waals surface area (Å²) in [6, 6.07) is -0.650. The predicted octanol–water partition coefficient (Wildman–Crippen LogP) is -1.75. The van der Waals surface area contributed by atoms with Gasteiger partial charge in [0.1, 0.15) is 6.04 Å². The van der Waals surface area contributed by atoms with Crippen molar-refractivity contribution >= 4 is 17.7 Å². The standard InChI is InChI=1S/C9H18N4O3/c1-5(2)8(12-6(3)14)9(16)11-4-7(15)13-10/h5,8H,4,10H2,1-3H3,(H,11,16)(H,12,14)(H,13,15). The highest BCUT2D eigenvalue weighted by Gasteiger charge is 2.22. The van der Waals surface area contributed by atoms with Crippen LogP contribution in [0.4, 0.5) is 0 Å². The number of nitrogens with one attached hydrogen (secondary N) is 3. The second-order valence-corrected chi connectivity index (χ2v) is 3.71. The fraction of sp³-hybridized carbons (Fsp3) is 0.667. The van der Waals surface area contributed by atoms with Crippen LogP contribution in [0.3, 0.4) is 0 Å². The van der Waals surface area contributed by atoms with Crippen LogP contribution < -0.4 is 21.9 Å². The van der Waals surface area contributed by atoms with Gasteiger partial charge >= 0.3 is 0 Å². The lowest BCUT2D eigenvalue weighted by Crippen LogP contribution is -2.51. The first-order chi connectivity index (χ1) is 7.38. The molecule has 5 N–H and O–H groups in total. The number of hydrazine groups is 1. The van der Waals surface area contributed by atoms with Crippen molar-refractivity contribution in [3.63, 3.8) is 0 Å². The van der Waals surface area contributed by atoms with Gasteiger partial charge in [-0.25, -0.2) is 5.84 Å². The first-order valence-electron chi connectivity index (χ1n) is 4.92. The zero-order valence-electron chi connectivity index (χ0n) is 9.66. The Hall–Kier alpha value is -1.63. The molecule has 1 atom stereocenters. The Labute approximate surface area is 94.1 Å². The third-order valence-electron chi connectivity index (χ3n) is 1.89. The molecule has 0 aromatic heterocycles. The molecule has 0 saturated heterocycles. The van der Waals surface area contributed by atoms with Crippen molar-refractivity contribution < 1.29 is 14.4 Å². The summed E-state index contributed by atoms with van der Waals surface area (Å²) in [5.41, 5.74) is 1.89. The van der Waals surface area contributed by atoms with Gasteiger partial charge in [0.2, 0.25) is 11.8 Å². The lowest BCUT2D eigenvalue weighted by Gasteiger charge is -2.20. The van der Waals surface area contributed by atoms with Crippen molar-refractivity contribution in [2.75, 3.05) is 6.54 Å². The largest absolute Gasteiger partial charge is 0.345 e. The van der Waals surface area contributed by atoms with Gasteiger partial charge in [0.05, 0.1) is 6.54 Å². The maximum absolute atomic E-state index is 11.6. The summed E-state index contributed by atoms with van der Waals surface area (Å²) in [5, 5.41) is 4.88. The predicted molar refractivity (Wildman–Crippen MR) is 57.8 cm³/mol. The summed E-state index contributed by atoms with van der Waals surface area (Å²) in [6.07, 6.45) is 0. The summed E-state index contributed by atoms with van der Waals surface area (Å²) in [5.74, 6) is 3.59. The fourth-order valence-electron chi connectivity index (χ4n) is 1.08. The maximum atomic E-state index is 11.6. The molecule has 7 nitrogen and oxygen atoms in total. The van der Waals surface area contributed by atoms with Crippen LogP contribution in [0.1, 0.15) is 20.8 Å². The van der Waals surface area contributed by atoms with E-state index in [9.17, 15) is 14.4 Å². The molecule has 1 unspecified atom stereocenters. The quantitative estimate of drug-likeness (QED) is 0.255. The van der Waals surface area contributed by atoms with E-state index in [1.807, 2.05) is 5.43 Å². The number of hydrogen-bond donors (Lipinski definition) is 4. The Balaban J connectivity index is 4.28. The molecule has 16 heavy (non-hydrogen) atoms. The minimum atomic E-state index is -0.650. The topological polar surface area (TPSA) is 113 Å². The van der Waals surface area contributed by atoms with E-state index in [2.05, 4.69) is 10.6 Å². The molecule has 92 valence electrons. The van der Waals surface area contributed by atoms with Gasteiger partial charge in [-0.2, -0.15) is 0 Å². The number of rotatable bonds is 5. The summed E-state index contributed by atoms with van der Waals surface area (Å²) in [7, 11) is 0. The number of hydrogen-bond acceptors (Lipinski definition) is 4. The van der Waals surface area contributed by atoms with Gasteiger partial charge in [0.25, 0.3) is 5.91 Å². The molecule has 0 aliphatic heterocycles. The molecule has 0 aliphatic carbocycles. The van der Waals surface area contributed by atoms with Crippen LogP contribution in [-0.2, 0) is 14.4 Å². The second-order valence-electron chi connectivity index (χ2n) is 3.71. The molecule has 0 fully saturated rings. The molecule has 0 aliphatic rings. The normalized spacial score (nSPS) is 11.8. The molecule has 0 rings (SSSR count). The zero-order chi connectivity index (χ0) is 12.7. The van der Waals surface area contributed by atoms with E-state index in [0.717, 1.165) is 0 Å². The second kappa shape index (κ2) is 6.78. The minimum Gasteiger partial charge on any atom is -0.345 e. The number of nitrogens with two attached hydrogens (primary N) is 1. The van der Waals surface area contributed by atoms with Gasteiger partial charge in [-0.05, 0) is 5.92 Å². The molecular weight excluding hydrogens is 212 g/mol. The van der Waals surface area contributed by atoms with Gasteiger partial charge in [-0.1, -0.05) is 13.8 Å².